The second-order valence-corrected chi connectivity index (χ2v) is 5.41. The number of hydrogen-bond acceptors (Lipinski definition) is 3. The third kappa shape index (κ3) is 6.43. The molecule has 102 valence electrons. The fraction of sp³-hybridized carbons (Fsp3) is 0.600. The standard InChI is InChI=1S/C15H25NOS/c1-17-13-15(14-9-5-3-6-10-14)16-11-7-4-8-12-18-2/h3,5-6,9-10,15-16H,4,7-8,11-13H2,1-2H3. The summed E-state index contributed by atoms with van der Waals surface area (Å²) in [4.78, 5) is 0. The van der Waals surface area contributed by atoms with E-state index < -0.39 is 0 Å². The Morgan fingerprint density at radius 3 is 2.61 bits per heavy atom. The van der Waals surface area contributed by atoms with Gasteiger partial charge in [-0.2, -0.15) is 11.8 Å². The first-order chi connectivity index (χ1) is 8.88. The lowest BCUT2D eigenvalue weighted by atomic mass is 10.1. The van der Waals surface area contributed by atoms with Crippen LogP contribution < -0.4 is 5.32 Å². The third-order valence-electron chi connectivity index (χ3n) is 2.95. The van der Waals surface area contributed by atoms with E-state index in [0.29, 0.717) is 6.04 Å². The SMILES string of the molecule is COCC(NCCCCCSC)c1ccccc1. The van der Waals surface area contributed by atoms with Gasteiger partial charge < -0.3 is 10.1 Å². The lowest BCUT2D eigenvalue weighted by Crippen LogP contribution is -2.26. The molecular weight excluding hydrogens is 242 g/mol. The largest absolute Gasteiger partial charge is 0.383 e. The molecule has 0 saturated carbocycles. The van der Waals surface area contributed by atoms with E-state index in [0.717, 1.165) is 13.2 Å². The van der Waals surface area contributed by atoms with Crippen LogP contribution in [0.4, 0.5) is 0 Å². The number of benzene rings is 1. The van der Waals surface area contributed by atoms with Crippen LogP contribution in [0.3, 0.4) is 0 Å². The van der Waals surface area contributed by atoms with Gasteiger partial charge in [0.25, 0.3) is 0 Å². The molecule has 18 heavy (non-hydrogen) atoms. The van der Waals surface area contributed by atoms with Crippen LogP contribution in [0.2, 0.25) is 0 Å². The number of rotatable bonds is 10. The Morgan fingerprint density at radius 1 is 1.17 bits per heavy atom. The average molecular weight is 267 g/mol. The summed E-state index contributed by atoms with van der Waals surface area (Å²) >= 11 is 1.93. The Balaban J connectivity index is 2.26. The summed E-state index contributed by atoms with van der Waals surface area (Å²) in [5.41, 5.74) is 1.31. The zero-order chi connectivity index (χ0) is 13.1. The molecule has 0 aliphatic heterocycles. The minimum atomic E-state index is 0.316. The Hall–Kier alpha value is -0.510. The van der Waals surface area contributed by atoms with Gasteiger partial charge in [0.05, 0.1) is 12.6 Å². The van der Waals surface area contributed by atoms with Crippen molar-refractivity contribution in [1.29, 1.82) is 0 Å². The van der Waals surface area contributed by atoms with Crippen molar-refractivity contribution in [2.75, 3.05) is 32.3 Å². The fourth-order valence-corrected chi connectivity index (χ4v) is 2.44. The summed E-state index contributed by atoms with van der Waals surface area (Å²) < 4.78 is 5.29. The molecule has 1 atom stereocenters. The molecule has 1 N–H and O–H groups in total. The van der Waals surface area contributed by atoms with Gasteiger partial charge >= 0.3 is 0 Å². The number of methoxy groups -OCH3 is 1. The predicted octanol–water partition coefficient (Wildman–Crippen LogP) is 3.50. The van der Waals surface area contributed by atoms with Gasteiger partial charge in [-0.05, 0) is 37.0 Å². The van der Waals surface area contributed by atoms with E-state index in [1.165, 1.54) is 30.6 Å². The number of ether oxygens (including phenoxy) is 1. The maximum Gasteiger partial charge on any atom is 0.0657 e. The van der Waals surface area contributed by atoms with Gasteiger partial charge in [-0.15, -0.1) is 0 Å². The molecule has 0 aliphatic carbocycles. The van der Waals surface area contributed by atoms with Crippen molar-refractivity contribution < 1.29 is 4.74 Å². The Morgan fingerprint density at radius 2 is 1.94 bits per heavy atom. The maximum absolute atomic E-state index is 5.29. The molecule has 2 nitrogen and oxygen atoms in total. The first kappa shape index (κ1) is 15.5. The molecule has 1 aromatic carbocycles. The lowest BCUT2D eigenvalue weighted by Gasteiger charge is -2.18. The molecule has 1 aromatic rings. The molecule has 0 aromatic heterocycles. The lowest BCUT2D eigenvalue weighted by molar-refractivity contribution is 0.166. The van der Waals surface area contributed by atoms with Crippen molar-refractivity contribution in [3.63, 3.8) is 0 Å². The molecule has 1 unspecified atom stereocenters. The second-order valence-electron chi connectivity index (χ2n) is 4.43. The summed E-state index contributed by atoms with van der Waals surface area (Å²) in [6.07, 6.45) is 6.04. The Bertz CT molecular complexity index is 292. The molecule has 0 bridgehead atoms. The van der Waals surface area contributed by atoms with Crippen LogP contribution in [-0.2, 0) is 4.74 Å². The summed E-state index contributed by atoms with van der Waals surface area (Å²) in [6, 6.07) is 10.8. The van der Waals surface area contributed by atoms with Crippen molar-refractivity contribution >= 4 is 11.8 Å². The van der Waals surface area contributed by atoms with E-state index in [4.69, 9.17) is 4.74 Å². The van der Waals surface area contributed by atoms with Crippen molar-refractivity contribution in [2.24, 2.45) is 0 Å². The molecule has 0 aliphatic rings. The van der Waals surface area contributed by atoms with Crippen molar-refractivity contribution in [2.45, 2.75) is 25.3 Å². The normalized spacial score (nSPS) is 12.6. The van der Waals surface area contributed by atoms with Crippen LogP contribution in [0.1, 0.15) is 30.9 Å². The Kier molecular flexibility index (Phi) is 9.00. The number of nitrogens with one attached hydrogen (secondary N) is 1. The van der Waals surface area contributed by atoms with E-state index in [9.17, 15) is 0 Å². The first-order valence-corrected chi connectivity index (χ1v) is 8.04. The van der Waals surface area contributed by atoms with Crippen LogP contribution in [0, 0.1) is 0 Å². The van der Waals surface area contributed by atoms with Crippen LogP contribution in [-0.4, -0.2) is 32.3 Å². The van der Waals surface area contributed by atoms with E-state index in [-0.39, 0.29) is 0 Å². The number of hydrogen-bond donors (Lipinski definition) is 1. The van der Waals surface area contributed by atoms with Gasteiger partial charge in [-0.3, -0.25) is 0 Å². The molecular formula is C15H25NOS. The molecule has 0 saturated heterocycles. The van der Waals surface area contributed by atoms with E-state index >= 15 is 0 Å². The highest BCUT2D eigenvalue weighted by molar-refractivity contribution is 7.98. The summed E-state index contributed by atoms with van der Waals surface area (Å²) in [5, 5.41) is 3.58. The fourth-order valence-electron chi connectivity index (χ4n) is 1.95. The molecule has 0 fully saturated rings. The highest BCUT2D eigenvalue weighted by Gasteiger charge is 2.09. The van der Waals surface area contributed by atoms with Crippen molar-refractivity contribution in [3.8, 4) is 0 Å². The van der Waals surface area contributed by atoms with Gasteiger partial charge in [-0.25, -0.2) is 0 Å². The quantitative estimate of drug-likeness (QED) is 0.656. The van der Waals surface area contributed by atoms with Crippen LogP contribution >= 0.6 is 11.8 Å². The molecule has 0 heterocycles. The minimum Gasteiger partial charge on any atom is -0.383 e. The smallest absolute Gasteiger partial charge is 0.0657 e. The number of unbranched alkanes of at least 4 members (excludes halogenated alkanes) is 2. The monoisotopic (exact) mass is 267 g/mol. The van der Waals surface area contributed by atoms with Gasteiger partial charge in [0.1, 0.15) is 0 Å². The van der Waals surface area contributed by atoms with E-state index in [1.54, 1.807) is 7.11 Å². The van der Waals surface area contributed by atoms with Crippen LogP contribution in [0.15, 0.2) is 30.3 Å². The van der Waals surface area contributed by atoms with Gasteiger partial charge in [-0.1, -0.05) is 36.8 Å². The molecule has 3 heteroatoms. The minimum absolute atomic E-state index is 0.316. The topological polar surface area (TPSA) is 21.3 Å². The number of thioether (sulfide) groups is 1. The van der Waals surface area contributed by atoms with Crippen LogP contribution in [0.25, 0.3) is 0 Å². The van der Waals surface area contributed by atoms with Gasteiger partial charge in [0.2, 0.25) is 0 Å². The molecule has 0 spiro atoms. The highest BCUT2D eigenvalue weighted by atomic mass is 32.2. The summed E-state index contributed by atoms with van der Waals surface area (Å²) in [6.45, 7) is 1.80. The predicted molar refractivity (Wildman–Crippen MR) is 81.3 cm³/mol. The zero-order valence-electron chi connectivity index (χ0n) is 11.5. The molecule has 1 rings (SSSR count). The molecule has 0 radical (unpaired) electrons. The van der Waals surface area contributed by atoms with Gasteiger partial charge in [0.15, 0.2) is 0 Å². The van der Waals surface area contributed by atoms with E-state index in [1.807, 2.05) is 11.8 Å². The van der Waals surface area contributed by atoms with Crippen molar-refractivity contribution in [1.82, 2.24) is 5.32 Å². The van der Waals surface area contributed by atoms with Crippen molar-refractivity contribution in [3.05, 3.63) is 35.9 Å². The average Bonchev–Trinajstić information content (AvgIpc) is 2.42. The highest BCUT2D eigenvalue weighted by Crippen LogP contribution is 2.13. The molecule has 0 amide bonds. The first-order valence-electron chi connectivity index (χ1n) is 6.64. The summed E-state index contributed by atoms with van der Waals surface area (Å²) in [7, 11) is 1.76. The van der Waals surface area contributed by atoms with Crippen LogP contribution in [0.5, 0.6) is 0 Å². The van der Waals surface area contributed by atoms with E-state index in [2.05, 4.69) is 41.9 Å². The maximum atomic E-state index is 5.29. The van der Waals surface area contributed by atoms with Gasteiger partial charge in [0, 0.05) is 7.11 Å². The Labute approximate surface area is 116 Å². The third-order valence-corrected chi connectivity index (χ3v) is 3.65. The second kappa shape index (κ2) is 10.4. The zero-order valence-corrected chi connectivity index (χ0v) is 12.3. The summed E-state index contributed by atoms with van der Waals surface area (Å²) in [5.74, 6) is 1.28.